The lowest BCUT2D eigenvalue weighted by Crippen LogP contribution is -2.20. The van der Waals surface area contributed by atoms with Gasteiger partial charge in [-0.25, -0.2) is 0 Å². The molecule has 2 aromatic rings. The fourth-order valence-electron chi connectivity index (χ4n) is 1.91. The Morgan fingerprint density at radius 3 is 2.63 bits per heavy atom. The highest BCUT2D eigenvalue weighted by molar-refractivity contribution is 9.10. The fourth-order valence-corrected chi connectivity index (χ4v) is 3.12. The summed E-state index contributed by atoms with van der Waals surface area (Å²) in [6, 6.07) is 7.90. The average Bonchev–Trinajstić information content (AvgIpc) is 2.86. The maximum atomic E-state index is 11.3. The van der Waals surface area contributed by atoms with Gasteiger partial charge in [0.05, 0.1) is 17.1 Å². The Bertz CT molecular complexity index is 618. The number of benzene rings is 1. The maximum Gasteiger partial charge on any atom is 0.231 e. The molecule has 3 rings (SSSR count). The largest absolute Gasteiger partial charge is 0.338 e. The first-order valence-electron chi connectivity index (χ1n) is 5.72. The highest BCUT2D eigenvalue weighted by Crippen LogP contribution is 2.34. The van der Waals surface area contributed by atoms with Crippen molar-refractivity contribution in [3.8, 4) is 11.3 Å². The number of halogens is 1. The summed E-state index contributed by atoms with van der Waals surface area (Å²) in [7, 11) is 0. The van der Waals surface area contributed by atoms with E-state index in [0.717, 1.165) is 21.4 Å². The number of carbonyl (C=O) groups excluding carboxylic acids is 1. The minimum absolute atomic E-state index is 0.0439. The van der Waals surface area contributed by atoms with Gasteiger partial charge in [-0.15, -0.1) is 11.8 Å². The number of amides is 1. The summed E-state index contributed by atoms with van der Waals surface area (Å²) < 4.78 is 1.02. The van der Waals surface area contributed by atoms with Crippen molar-refractivity contribution in [3.63, 3.8) is 0 Å². The van der Waals surface area contributed by atoms with Gasteiger partial charge in [0, 0.05) is 22.4 Å². The van der Waals surface area contributed by atoms with Crippen molar-refractivity contribution in [1.29, 1.82) is 0 Å². The molecule has 1 N–H and O–H groups in total. The van der Waals surface area contributed by atoms with E-state index in [9.17, 15) is 4.79 Å². The van der Waals surface area contributed by atoms with E-state index >= 15 is 0 Å². The normalized spacial score (nSPS) is 18.4. The lowest BCUT2D eigenvalue weighted by Gasteiger charge is -2.12. The number of nitrogens with one attached hydrogen (secondary N) is 1. The zero-order valence-corrected chi connectivity index (χ0v) is 12.2. The highest BCUT2D eigenvalue weighted by Gasteiger charge is 2.27. The summed E-state index contributed by atoms with van der Waals surface area (Å²) in [5.74, 6) is 0.517. The van der Waals surface area contributed by atoms with Crippen molar-refractivity contribution in [2.45, 2.75) is 5.37 Å². The molecule has 2 heterocycles. The van der Waals surface area contributed by atoms with Gasteiger partial charge in [0.2, 0.25) is 5.91 Å². The topological polar surface area (TPSA) is 54.9 Å². The van der Waals surface area contributed by atoms with E-state index in [1.807, 2.05) is 24.3 Å². The molecule has 0 bridgehead atoms. The third-order valence-corrected chi connectivity index (χ3v) is 4.40. The van der Waals surface area contributed by atoms with Crippen molar-refractivity contribution < 1.29 is 4.79 Å². The van der Waals surface area contributed by atoms with Crippen LogP contribution in [0.3, 0.4) is 0 Å². The smallest absolute Gasteiger partial charge is 0.231 e. The second-order valence-electron chi connectivity index (χ2n) is 4.06. The minimum atomic E-state index is -0.111. The molecule has 1 amide bonds. The van der Waals surface area contributed by atoms with E-state index in [-0.39, 0.29) is 11.3 Å². The Hall–Kier alpha value is -1.40. The zero-order valence-electron chi connectivity index (χ0n) is 9.84. The zero-order chi connectivity index (χ0) is 13.2. The average molecular weight is 336 g/mol. The van der Waals surface area contributed by atoms with Gasteiger partial charge < -0.3 is 5.32 Å². The Morgan fingerprint density at radius 2 is 1.95 bits per heavy atom. The van der Waals surface area contributed by atoms with Crippen LogP contribution in [0, 0.1) is 0 Å². The van der Waals surface area contributed by atoms with Crippen LogP contribution in [-0.2, 0) is 4.79 Å². The lowest BCUT2D eigenvalue weighted by molar-refractivity contribution is -0.118. The number of carbonyl (C=O) groups is 1. The van der Waals surface area contributed by atoms with Crippen molar-refractivity contribution in [1.82, 2.24) is 15.3 Å². The number of aromatic nitrogens is 2. The van der Waals surface area contributed by atoms with E-state index < -0.39 is 0 Å². The van der Waals surface area contributed by atoms with Gasteiger partial charge in [-0.1, -0.05) is 28.1 Å². The number of rotatable bonds is 2. The van der Waals surface area contributed by atoms with Crippen molar-refractivity contribution in [3.05, 3.63) is 46.8 Å². The highest BCUT2D eigenvalue weighted by atomic mass is 79.9. The molecular weight excluding hydrogens is 326 g/mol. The Kier molecular flexibility index (Phi) is 3.52. The van der Waals surface area contributed by atoms with E-state index in [4.69, 9.17) is 0 Å². The molecule has 4 nitrogen and oxygen atoms in total. The lowest BCUT2D eigenvalue weighted by atomic mass is 10.1. The monoisotopic (exact) mass is 335 g/mol. The van der Waals surface area contributed by atoms with Crippen LogP contribution in [0.1, 0.15) is 11.1 Å². The third kappa shape index (κ3) is 2.64. The molecule has 1 aliphatic heterocycles. The second-order valence-corrected chi connectivity index (χ2v) is 6.06. The second kappa shape index (κ2) is 5.30. The molecular formula is C13H10BrN3OS. The first kappa shape index (κ1) is 12.6. The number of hydrogen-bond acceptors (Lipinski definition) is 4. The first-order valence-corrected chi connectivity index (χ1v) is 7.56. The summed E-state index contributed by atoms with van der Waals surface area (Å²) in [6.45, 7) is 0. The molecule has 1 atom stereocenters. The van der Waals surface area contributed by atoms with Crippen molar-refractivity contribution in [2.75, 3.05) is 5.75 Å². The van der Waals surface area contributed by atoms with Crippen LogP contribution in [0.25, 0.3) is 11.3 Å². The first-order chi connectivity index (χ1) is 9.24. The van der Waals surface area contributed by atoms with Gasteiger partial charge in [-0.2, -0.15) is 0 Å². The number of nitrogens with zero attached hydrogens (tertiary/aromatic N) is 2. The van der Waals surface area contributed by atoms with Gasteiger partial charge in [0.1, 0.15) is 5.37 Å². The Balaban J connectivity index is 2.02. The number of thioether (sulfide) groups is 1. The quantitative estimate of drug-likeness (QED) is 0.916. The summed E-state index contributed by atoms with van der Waals surface area (Å²) in [4.78, 5) is 20.1. The van der Waals surface area contributed by atoms with Crippen LogP contribution in [0.15, 0.2) is 41.1 Å². The molecule has 1 saturated heterocycles. The van der Waals surface area contributed by atoms with Crippen molar-refractivity contribution >= 4 is 33.6 Å². The van der Waals surface area contributed by atoms with E-state index in [1.54, 1.807) is 24.2 Å². The third-order valence-electron chi connectivity index (χ3n) is 2.77. The van der Waals surface area contributed by atoms with E-state index in [2.05, 4.69) is 31.2 Å². The van der Waals surface area contributed by atoms with Gasteiger partial charge >= 0.3 is 0 Å². The Morgan fingerprint density at radius 1 is 1.21 bits per heavy atom. The van der Waals surface area contributed by atoms with Crippen LogP contribution < -0.4 is 5.32 Å². The van der Waals surface area contributed by atoms with Gasteiger partial charge in [-0.3, -0.25) is 14.8 Å². The minimum Gasteiger partial charge on any atom is -0.338 e. The molecule has 1 fully saturated rings. The standard InChI is InChI=1S/C13H10BrN3OS/c14-9-3-1-8(2-4-9)11-12(16-6-5-15-11)13-17-10(18)7-19-13/h1-6,13H,7H2,(H,17,18). The van der Waals surface area contributed by atoms with E-state index in [0.29, 0.717) is 5.75 Å². The van der Waals surface area contributed by atoms with Crippen LogP contribution in [0.4, 0.5) is 0 Å². The summed E-state index contributed by atoms with van der Waals surface area (Å²) in [6.07, 6.45) is 3.32. The summed E-state index contributed by atoms with van der Waals surface area (Å²) >= 11 is 4.96. The molecule has 1 aromatic carbocycles. The van der Waals surface area contributed by atoms with Gasteiger partial charge in [-0.05, 0) is 12.1 Å². The molecule has 1 unspecified atom stereocenters. The molecule has 1 aromatic heterocycles. The van der Waals surface area contributed by atoms with Gasteiger partial charge in [0.25, 0.3) is 0 Å². The molecule has 96 valence electrons. The van der Waals surface area contributed by atoms with Gasteiger partial charge in [0.15, 0.2) is 0 Å². The molecule has 6 heteroatoms. The fraction of sp³-hybridized carbons (Fsp3) is 0.154. The van der Waals surface area contributed by atoms with Crippen molar-refractivity contribution in [2.24, 2.45) is 0 Å². The molecule has 0 radical (unpaired) electrons. The summed E-state index contributed by atoms with van der Waals surface area (Å²) in [5.41, 5.74) is 2.61. The Labute approximate surface area is 123 Å². The van der Waals surface area contributed by atoms with Crippen LogP contribution in [-0.4, -0.2) is 21.6 Å². The van der Waals surface area contributed by atoms with Crippen LogP contribution >= 0.6 is 27.7 Å². The predicted octanol–water partition coefficient (Wildman–Crippen LogP) is 2.77. The molecule has 19 heavy (non-hydrogen) atoms. The summed E-state index contributed by atoms with van der Waals surface area (Å²) in [5, 5.41) is 2.79. The molecule has 1 aliphatic rings. The number of hydrogen-bond donors (Lipinski definition) is 1. The van der Waals surface area contributed by atoms with E-state index in [1.165, 1.54) is 0 Å². The molecule has 0 saturated carbocycles. The maximum absolute atomic E-state index is 11.3. The SMILES string of the molecule is O=C1CSC(c2nccnc2-c2ccc(Br)cc2)N1. The predicted molar refractivity (Wildman–Crippen MR) is 78.5 cm³/mol. The molecule has 0 spiro atoms. The van der Waals surface area contributed by atoms with Crippen LogP contribution in [0.2, 0.25) is 0 Å². The molecule has 0 aliphatic carbocycles. The van der Waals surface area contributed by atoms with Crippen LogP contribution in [0.5, 0.6) is 0 Å².